The van der Waals surface area contributed by atoms with E-state index in [2.05, 4.69) is 4.98 Å². The van der Waals surface area contributed by atoms with Gasteiger partial charge in [0.15, 0.2) is 0 Å². The van der Waals surface area contributed by atoms with Crippen molar-refractivity contribution >= 4 is 11.9 Å². The second-order valence-corrected chi connectivity index (χ2v) is 4.33. The number of rotatable bonds is 3. The molecule has 1 aliphatic rings. The minimum absolute atomic E-state index is 0.0794. The molecule has 0 bridgehead atoms. The summed E-state index contributed by atoms with van der Waals surface area (Å²) in [5, 5.41) is 18.5. The highest BCUT2D eigenvalue weighted by molar-refractivity contribution is 5.85. The highest BCUT2D eigenvalue weighted by atomic mass is 16.4. The molecule has 1 aliphatic heterocycles. The first-order valence-corrected chi connectivity index (χ1v) is 5.67. The first-order valence-electron chi connectivity index (χ1n) is 5.67. The summed E-state index contributed by atoms with van der Waals surface area (Å²) >= 11 is 0. The number of carbonyl (C=O) groups excluding carboxylic acids is 1. The van der Waals surface area contributed by atoms with Gasteiger partial charge in [-0.05, 0) is 11.6 Å². The Morgan fingerprint density at radius 2 is 2.28 bits per heavy atom. The lowest BCUT2D eigenvalue weighted by Gasteiger charge is -2.21. The van der Waals surface area contributed by atoms with E-state index in [1.165, 1.54) is 4.90 Å². The Morgan fingerprint density at radius 3 is 2.89 bits per heavy atom. The Hall–Kier alpha value is -1.95. The molecule has 18 heavy (non-hydrogen) atoms. The van der Waals surface area contributed by atoms with E-state index >= 15 is 0 Å². The average Bonchev–Trinajstić information content (AvgIpc) is 2.73. The number of pyridine rings is 1. The normalized spacial score (nSPS) is 23.1. The number of amides is 1. The third-order valence-corrected chi connectivity index (χ3v) is 2.96. The number of carboxylic acids is 1. The molecular weight excluding hydrogens is 236 g/mol. The van der Waals surface area contributed by atoms with E-state index in [0.717, 1.165) is 5.56 Å². The molecule has 96 valence electrons. The van der Waals surface area contributed by atoms with Gasteiger partial charge < -0.3 is 15.1 Å². The number of β-amino-alcohol motifs (C(OH)–C–C–N with tert-alkyl or cyclic N) is 1. The number of aliphatic carboxylic acids is 1. The highest BCUT2D eigenvalue weighted by Crippen LogP contribution is 2.19. The van der Waals surface area contributed by atoms with E-state index < -0.39 is 18.1 Å². The van der Waals surface area contributed by atoms with Crippen LogP contribution in [-0.2, 0) is 16.0 Å². The summed E-state index contributed by atoms with van der Waals surface area (Å²) in [6.45, 7) is 0.0794. The molecule has 1 saturated heterocycles. The molecule has 2 heterocycles. The third-order valence-electron chi connectivity index (χ3n) is 2.96. The molecule has 0 saturated carbocycles. The van der Waals surface area contributed by atoms with Crippen molar-refractivity contribution in [2.24, 2.45) is 0 Å². The molecule has 2 rings (SSSR count). The second-order valence-electron chi connectivity index (χ2n) is 4.33. The lowest BCUT2D eigenvalue weighted by Crippen LogP contribution is -2.41. The number of carbonyl (C=O) groups is 2. The quantitative estimate of drug-likeness (QED) is 0.766. The highest BCUT2D eigenvalue weighted by Gasteiger charge is 2.38. The van der Waals surface area contributed by atoms with Crippen molar-refractivity contribution < 1.29 is 19.8 Å². The molecule has 2 atom stereocenters. The van der Waals surface area contributed by atoms with Crippen LogP contribution in [0, 0.1) is 0 Å². The Labute approximate surface area is 104 Å². The zero-order chi connectivity index (χ0) is 13.1. The molecule has 0 spiro atoms. The van der Waals surface area contributed by atoms with Crippen molar-refractivity contribution in [2.45, 2.75) is 25.0 Å². The largest absolute Gasteiger partial charge is 0.480 e. The molecule has 6 heteroatoms. The number of carboxylic acid groups (broad SMARTS) is 1. The lowest BCUT2D eigenvalue weighted by molar-refractivity contribution is -0.148. The number of hydrogen-bond donors (Lipinski definition) is 2. The van der Waals surface area contributed by atoms with E-state index in [1.54, 1.807) is 24.5 Å². The van der Waals surface area contributed by atoms with Gasteiger partial charge >= 0.3 is 5.97 Å². The monoisotopic (exact) mass is 250 g/mol. The molecule has 0 unspecified atom stereocenters. The molecule has 0 aliphatic carbocycles. The van der Waals surface area contributed by atoms with E-state index in [0.29, 0.717) is 0 Å². The molecule has 1 aromatic heterocycles. The standard InChI is InChI=1S/C12H14N2O4/c15-9-5-10(12(17)18)14(7-9)11(16)4-8-2-1-3-13-6-8/h1-3,6,9-10,15H,4-5,7H2,(H,17,18)/t9-,10+/m1/s1. The fourth-order valence-electron chi connectivity index (χ4n) is 2.10. The number of likely N-dealkylation sites (tertiary alicyclic amines) is 1. The maximum atomic E-state index is 12.0. The van der Waals surface area contributed by atoms with Crippen LogP contribution in [0.5, 0.6) is 0 Å². The molecule has 1 fully saturated rings. The van der Waals surface area contributed by atoms with Crippen molar-refractivity contribution in [1.29, 1.82) is 0 Å². The summed E-state index contributed by atoms with van der Waals surface area (Å²) in [4.78, 5) is 28.1. The predicted molar refractivity (Wildman–Crippen MR) is 61.7 cm³/mol. The fraction of sp³-hybridized carbons (Fsp3) is 0.417. The molecular formula is C12H14N2O4. The summed E-state index contributed by atoms with van der Waals surface area (Å²) in [6.07, 6.45) is 2.61. The summed E-state index contributed by atoms with van der Waals surface area (Å²) in [5.74, 6) is -1.38. The van der Waals surface area contributed by atoms with Gasteiger partial charge in [0, 0.05) is 25.4 Å². The zero-order valence-corrected chi connectivity index (χ0v) is 9.69. The number of hydrogen-bond acceptors (Lipinski definition) is 4. The van der Waals surface area contributed by atoms with Gasteiger partial charge in [-0.15, -0.1) is 0 Å². The van der Waals surface area contributed by atoms with E-state index in [9.17, 15) is 14.7 Å². The van der Waals surface area contributed by atoms with Crippen LogP contribution < -0.4 is 0 Å². The van der Waals surface area contributed by atoms with Crippen molar-refractivity contribution in [3.8, 4) is 0 Å². The van der Waals surface area contributed by atoms with Crippen molar-refractivity contribution in [2.75, 3.05) is 6.54 Å². The minimum atomic E-state index is -1.08. The first kappa shape index (κ1) is 12.5. The molecule has 6 nitrogen and oxygen atoms in total. The van der Waals surface area contributed by atoms with Crippen LogP contribution in [0.3, 0.4) is 0 Å². The summed E-state index contributed by atoms with van der Waals surface area (Å²) < 4.78 is 0. The van der Waals surface area contributed by atoms with Gasteiger partial charge in [0.25, 0.3) is 0 Å². The van der Waals surface area contributed by atoms with Gasteiger partial charge in [0.05, 0.1) is 12.5 Å². The molecule has 0 radical (unpaired) electrons. The maximum Gasteiger partial charge on any atom is 0.326 e. The summed E-state index contributed by atoms with van der Waals surface area (Å²) in [6, 6.07) is 2.55. The zero-order valence-electron chi connectivity index (χ0n) is 9.69. The summed E-state index contributed by atoms with van der Waals surface area (Å²) in [5.41, 5.74) is 0.730. The second kappa shape index (κ2) is 5.14. The van der Waals surface area contributed by atoms with Crippen LogP contribution in [-0.4, -0.2) is 50.7 Å². The molecule has 0 aromatic carbocycles. The van der Waals surface area contributed by atoms with E-state index in [4.69, 9.17) is 5.11 Å². The van der Waals surface area contributed by atoms with Crippen LogP contribution >= 0.6 is 0 Å². The SMILES string of the molecule is O=C(O)[C@@H]1C[C@@H](O)CN1C(=O)Cc1cccnc1. The Morgan fingerprint density at radius 1 is 1.50 bits per heavy atom. The first-order chi connectivity index (χ1) is 8.58. The maximum absolute atomic E-state index is 12.0. The Kier molecular flexibility index (Phi) is 3.57. The smallest absolute Gasteiger partial charge is 0.326 e. The number of aliphatic hydroxyl groups excluding tert-OH is 1. The third kappa shape index (κ3) is 2.65. The van der Waals surface area contributed by atoms with Crippen LogP contribution in [0.4, 0.5) is 0 Å². The van der Waals surface area contributed by atoms with Gasteiger partial charge in [-0.1, -0.05) is 6.07 Å². The molecule has 2 N–H and O–H groups in total. The average molecular weight is 250 g/mol. The van der Waals surface area contributed by atoms with Crippen LogP contribution in [0.25, 0.3) is 0 Å². The predicted octanol–water partition coefficient (Wildman–Crippen LogP) is -0.330. The van der Waals surface area contributed by atoms with Gasteiger partial charge in [0.2, 0.25) is 5.91 Å². The van der Waals surface area contributed by atoms with Crippen LogP contribution in [0.15, 0.2) is 24.5 Å². The number of aliphatic hydroxyl groups is 1. The van der Waals surface area contributed by atoms with Gasteiger partial charge in [-0.3, -0.25) is 9.78 Å². The number of nitrogens with zero attached hydrogens (tertiary/aromatic N) is 2. The van der Waals surface area contributed by atoms with Crippen LogP contribution in [0.2, 0.25) is 0 Å². The minimum Gasteiger partial charge on any atom is -0.480 e. The number of aromatic nitrogens is 1. The van der Waals surface area contributed by atoms with Crippen LogP contribution in [0.1, 0.15) is 12.0 Å². The molecule has 1 aromatic rings. The van der Waals surface area contributed by atoms with Gasteiger partial charge in [-0.25, -0.2) is 4.79 Å². The van der Waals surface area contributed by atoms with Crippen molar-refractivity contribution in [3.05, 3.63) is 30.1 Å². The molecule has 1 amide bonds. The van der Waals surface area contributed by atoms with Crippen molar-refractivity contribution in [1.82, 2.24) is 9.88 Å². The fourth-order valence-corrected chi connectivity index (χ4v) is 2.10. The van der Waals surface area contributed by atoms with E-state index in [-0.39, 0.29) is 25.3 Å². The van der Waals surface area contributed by atoms with Crippen molar-refractivity contribution in [3.63, 3.8) is 0 Å². The Balaban J connectivity index is 2.06. The summed E-state index contributed by atoms with van der Waals surface area (Å²) in [7, 11) is 0. The topological polar surface area (TPSA) is 90.7 Å². The lowest BCUT2D eigenvalue weighted by atomic mass is 10.1. The van der Waals surface area contributed by atoms with Gasteiger partial charge in [0.1, 0.15) is 6.04 Å². The van der Waals surface area contributed by atoms with E-state index in [1.807, 2.05) is 0 Å². The Bertz CT molecular complexity index is 449. The van der Waals surface area contributed by atoms with Gasteiger partial charge in [-0.2, -0.15) is 0 Å².